The van der Waals surface area contributed by atoms with Crippen LogP contribution in [0.1, 0.15) is 17.2 Å². The van der Waals surface area contributed by atoms with E-state index in [1.807, 2.05) is 48.5 Å². The number of anilines is 1. The molecule has 4 nitrogen and oxygen atoms in total. The molecule has 23 heavy (non-hydrogen) atoms. The van der Waals surface area contributed by atoms with E-state index in [1.54, 1.807) is 0 Å². The molecule has 0 amide bonds. The molecule has 3 rings (SSSR count). The Morgan fingerprint density at radius 2 is 1.70 bits per heavy atom. The van der Waals surface area contributed by atoms with Crippen molar-refractivity contribution in [2.45, 2.75) is 17.0 Å². The minimum atomic E-state index is -0.495. The quantitative estimate of drug-likeness (QED) is 0.636. The van der Waals surface area contributed by atoms with Gasteiger partial charge in [0.1, 0.15) is 0 Å². The summed E-state index contributed by atoms with van der Waals surface area (Å²) in [7, 11) is 0. The molecule has 1 heterocycles. The first-order chi connectivity index (χ1) is 11.3. The average molecular weight is 343 g/mol. The predicted octanol–water partition coefficient (Wildman–Crippen LogP) is 3.98. The zero-order valence-electron chi connectivity index (χ0n) is 12.4. The maximum absolute atomic E-state index is 10.2. The van der Waals surface area contributed by atoms with Crippen molar-refractivity contribution in [3.63, 3.8) is 0 Å². The van der Waals surface area contributed by atoms with Gasteiger partial charge in [0.15, 0.2) is 4.34 Å². The van der Waals surface area contributed by atoms with Crippen LogP contribution in [-0.2, 0) is 6.54 Å². The highest BCUT2D eigenvalue weighted by Gasteiger charge is 2.10. The molecule has 3 aromatic rings. The number of benzene rings is 2. The highest BCUT2D eigenvalue weighted by atomic mass is 32.2. The molecule has 0 saturated heterocycles. The van der Waals surface area contributed by atoms with Crippen LogP contribution in [0.5, 0.6) is 0 Å². The summed E-state index contributed by atoms with van der Waals surface area (Å²) in [6.45, 7) is 0.729. The molecule has 0 spiro atoms. The van der Waals surface area contributed by atoms with Crippen LogP contribution >= 0.6 is 23.1 Å². The van der Waals surface area contributed by atoms with Crippen LogP contribution in [0.3, 0.4) is 0 Å². The monoisotopic (exact) mass is 343 g/mol. The molecule has 2 aromatic carbocycles. The number of thioether (sulfide) groups is 1. The third-order valence-electron chi connectivity index (χ3n) is 3.24. The van der Waals surface area contributed by atoms with Crippen LogP contribution in [-0.4, -0.2) is 21.1 Å². The number of hydrogen-bond acceptors (Lipinski definition) is 6. The summed E-state index contributed by atoms with van der Waals surface area (Å²) in [6.07, 6.45) is -0.495. The molecule has 0 unspecified atom stereocenters. The summed E-state index contributed by atoms with van der Waals surface area (Å²) in [5, 5.41) is 22.5. The van der Waals surface area contributed by atoms with Crippen LogP contribution in [0.15, 0.2) is 65.0 Å². The number of aliphatic hydroxyl groups excluding tert-OH is 1. The van der Waals surface area contributed by atoms with E-state index in [9.17, 15) is 5.11 Å². The largest absolute Gasteiger partial charge is 0.388 e. The van der Waals surface area contributed by atoms with Gasteiger partial charge in [-0.25, -0.2) is 0 Å². The van der Waals surface area contributed by atoms with E-state index >= 15 is 0 Å². The average Bonchev–Trinajstić information content (AvgIpc) is 3.07. The van der Waals surface area contributed by atoms with E-state index < -0.39 is 6.10 Å². The lowest BCUT2D eigenvalue weighted by atomic mass is 10.1. The van der Waals surface area contributed by atoms with Crippen LogP contribution in [0.2, 0.25) is 0 Å². The van der Waals surface area contributed by atoms with Crippen LogP contribution in [0, 0.1) is 0 Å². The molecule has 1 atom stereocenters. The molecule has 1 aromatic heterocycles. The van der Waals surface area contributed by atoms with Gasteiger partial charge in [-0.15, -0.1) is 10.2 Å². The lowest BCUT2D eigenvalue weighted by Crippen LogP contribution is -1.99. The summed E-state index contributed by atoms with van der Waals surface area (Å²) in [6, 6.07) is 19.8. The third-order valence-corrected chi connectivity index (χ3v) is 5.33. The SMILES string of the molecule is O[C@@H](CSc1nnc(NCc2ccccc2)s1)c1ccccc1. The van der Waals surface area contributed by atoms with Crippen LogP contribution < -0.4 is 5.32 Å². The number of nitrogens with one attached hydrogen (secondary N) is 1. The zero-order chi connectivity index (χ0) is 15.9. The second-order valence-corrected chi connectivity index (χ2v) is 7.19. The molecule has 6 heteroatoms. The van der Waals surface area contributed by atoms with Crippen molar-refractivity contribution in [3.8, 4) is 0 Å². The lowest BCUT2D eigenvalue weighted by molar-refractivity contribution is 0.204. The van der Waals surface area contributed by atoms with Crippen LogP contribution in [0.25, 0.3) is 0 Å². The van der Waals surface area contributed by atoms with Crippen molar-refractivity contribution < 1.29 is 5.11 Å². The van der Waals surface area contributed by atoms with Crippen molar-refractivity contribution in [1.82, 2.24) is 10.2 Å². The molecular formula is C17H17N3OS2. The van der Waals surface area contributed by atoms with Crippen molar-refractivity contribution in [2.75, 3.05) is 11.1 Å². The van der Waals surface area contributed by atoms with Gasteiger partial charge in [-0.3, -0.25) is 0 Å². The van der Waals surface area contributed by atoms with Gasteiger partial charge in [0.2, 0.25) is 5.13 Å². The maximum Gasteiger partial charge on any atom is 0.206 e. The van der Waals surface area contributed by atoms with E-state index in [-0.39, 0.29) is 0 Å². The molecule has 0 radical (unpaired) electrons. The molecule has 0 aliphatic carbocycles. The van der Waals surface area contributed by atoms with E-state index in [0.717, 1.165) is 21.6 Å². The Hall–Kier alpha value is -1.89. The molecule has 0 aliphatic rings. The fraction of sp³-hybridized carbons (Fsp3) is 0.176. The van der Waals surface area contributed by atoms with Gasteiger partial charge in [-0.2, -0.15) is 0 Å². The van der Waals surface area contributed by atoms with Crippen molar-refractivity contribution >= 4 is 28.2 Å². The molecule has 2 N–H and O–H groups in total. The summed E-state index contributed by atoms with van der Waals surface area (Å²) < 4.78 is 0.857. The first kappa shape index (κ1) is 16.0. The molecule has 0 saturated carbocycles. The molecule has 0 bridgehead atoms. The van der Waals surface area contributed by atoms with Crippen molar-refractivity contribution in [3.05, 3.63) is 71.8 Å². The number of rotatable bonds is 7. The summed E-state index contributed by atoms with van der Waals surface area (Å²) in [5.74, 6) is 0.567. The third kappa shape index (κ3) is 4.79. The lowest BCUT2D eigenvalue weighted by Gasteiger charge is -2.08. The molecular weight excluding hydrogens is 326 g/mol. The van der Waals surface area contributed by atoms with Gasteiger partial charge in [0.25, 0.3) is 0 Å². The first-order valence-corrected chi connectivity index (χ1v) is 9.08. The Bertz CT molecular complexity index is 719. The Kier molecular flexibility index (Phi) is 5.63. The number of hydrogen-bond donors (Lipinski definition) is 2. The number of aliphatic hydroxyl groups is 1. The summed E-state index contributed by atoms with van der Waals surface area (Å²) in [4.78, 5) is 0. The number of aromatic nitrogens is 2. The Balaban J connectivity index is 1.49. The smallest absolute Gasteiger partial charge is 0.206 e. The second kappa shape index (κ2) is 8.10. The summed E-state index contributed by atoms with van der Waals surface area (Å²) in [5.41, 5.74) is 2.13. The number of nitrogens with zero attached hydrogens (tertiary/aromatic N) is 2. The van der Waals surface area contributed by atoms with Gasteiger partial charge in [0.05, 0.1) is 6.10 Å². The van der Waals surface area contributed by atoms with Gasteiger partial charge < -0.3 is 10.4 Å². The second-order valence-electron chi connectivity index (χ2n) is 4.95. The standard InChI is InChI=1S/C17H17N3OS2/c21-15(14-9-5-2-6-10-14)12-22-17-20-19-16(23-17)18-11-13-7-3-1-4-8-13/h1-10,15,21H,11-12H2,(H,18,19)/t15-/m0/s1. The van der Waals surface area contributed by atoms with E-state index in [4.69, 9.17) is 0 Å². The van der Waals surface area contributed by atoms with Crippen LogP contribution in [0.4, 0.5) is 5.13 Å². The summed E-state index contributed by atoms with van der Waals surface area (Å²) >= 11 is 3.03. The van der Waals surface area contributed by atoms with E-state index in [1.165, 1.54) is 28.7 Å². The fourth-order valence-electron chi connectivity index (χ4n) is 2.03. The van der Waals surface area contributed by atoms with E-state index in [2.05, 4.69) is 27.6 Å². The Morgan fingerprint density at radius 3 is 2.43 bits per heavy atom. The minimum absolute atomic E-state index is 0.495. The van der Waals surface area contributed by atoms with E-state index in [0.29, 0.717) is 5.75 Å². The first-order valence-electron chi connectivity index (χ1n) is 7.28. The topological polar surface area (TPSA) is 58.0 Å². The van der Waals surface area contributed by atoms with Gasteiger partial charge in [-0.05, 0) is 11.1 Å². The predicted molar refractivity (Wildman–Crippen MR) is 95.8 cm³/mol. The molecule has 118 valence electrons. The minimum Gasteiger partial charge on any atom is -0.388 e. The Morgan fingerprint density at radius 1 is 1.00 bits per heavy atom. The normalized spacial score (nSPS) is 12.0. The maximum atomic E-state index is 10.2. The highest BCUT2D eigenvalue weighted by molar-refractivity contribution is 8.01. The zero-order valence-corrected chi connectivity index (χ0v) is 14.1. The van der Waals surface area contributed by atoms with Gasteiger partial charge in [-0.1, -0.05) is 83.8 Å². The molecule has 0 aliphatic heterocycles. The Labute approximate surface area is 143 Å². The van der Waals surface area contributed by atoms with Crippen molar-refractivity contribution in [1.29, 1.82) is 0 Å². The van der Waals surface area contributed by atoms with Crippen molar-refractivity contribution in [2.24, 2.45) is 0 Å². The van der Waals surface area contributed by atoms with Gasteiger partial charge >= 0.3 is 0 Å². The molecule has 0 fully saturated rings. The fourth-order valence-corrected chi connectivity index (χ4v) is 3.78. The highest BCUT2D eigenvalue weighted by Crippen LogP contribution is 2.29. The van der Waals surface area contributed by atoms with Gasteiger partial charge in [0, 0.05) is 12.3 Å².